The van der Waals surface area contributed by atoms with Crippen LogP contribution < -0.4 is 14.8 Å². The summed E-state index contributed by atoms with van der Waals surface area (Å²) in [6.45, 7) is 1.40. The molecule has 3 rings (SSSR count). The molecule has 1 heterocycles. The van der Waals surface area contributed by atoms with Crippen LogP contribution in [-0.4, -0.2) is 30.3 Å². The van der Waals surface area contributed by atoms with Crippen molar-refractivity contribution in [1.82, 2.24) is 0 Å². The largest absolute Gasteiger partial charge is 0.496 e. The number of nitro groups is 1. The summed E-state index contributed by atoms with van der Waals surface area (Å²) in [4.78, 5) is 34.6. The van der Waals surface area contributed by atoms with Crippen LogP contribution in [0.2, 0.25) is 0 Å². The first-order chi connectivity index (χ1) is 12.4. The molecule has 0 saturated carbocycles. The summed E-state index contributed by atoms with van der Waals surface area (Å²) in [6.07, 6.45) is 0. The fourth-order valence-electron chi connectivity index (χ4n) is 2.71. The summed E-state index contributed by atoms with van der Waals surface area (Å²) in [7, 11) is 1.40. The zero-order valence-electron chi connectivity index (χ0n) is 14.1. The maximum Gasteiger partial charge on any atom is 0.314 e. The van der Waals surface area contributed by atoms with Crippen LogP contribution in [0.5, 0.6) is 11.5 Å². The lowest BCUT2D eigenvalue weighted by atomic mass is 9.99. The first-order valence-corrected chi connectivity index (χ1v) is 7.84. The lowest BCUT2D eigenvalue weighted by Crippen LogP contribution is -2.12. The smallest absolute Gasteiger partial charge is 0.314 e. The molecule has 2 aromatic carbocycles. The maximum absolute atomic E-state index is 12.4. The molecule has 0 fully saturated rings. The van der Waals surface area contributed by atoms with Crippen LogP contribution in [0.25, 0.3) is 0 Å². The highest BCUT2D eigenvalue weighted by Gasteiger charge is 2.27. The monoisotopic (exact) mass is 356 g/mol. The normalized spacial score (nSPS) is 15.2. The van der Waals surface area contributed by atoms with Crippen molar-refractivity contribution >= 4 is 23.1 Å². The highest BCUT2D eigenvalue weighted by atomic mass is 16.6. The van der Waals surface area contributed by atoms with Crippen LogP contribution in [0, 0.1) is 10.1 Å². The molecule has 134 valence electrons. The van der Waals surface area contributed by atoms with Crippen LogP contribution >= 0.6 is 0 Å². The van der Waals surface area contributed by atoms with Gasteiger partial charge in [-0.15, -0.1) is 0 Å². The van der Waals surface area contributed by atoms with Gasteiger partial charge in [0.05, 0.1) is 24.0 Å². The molecular weight excluding hydrogens is 340 g/mol. The molecule has 1 aliphatic rings. The first kappa shape index (κ1) is 17.4. The fourth-order valence-corrected chi connectivity index (χ4v) is 2.71. The Hall–Kier alpha value is -3.42. The molecule has 1 atom stereocenters. The molecule has 1 N–H and O–H groups in total. The van der Waals surface area contributed by atoms with Gasteiger partial charge in [-0.2, -0.15) is 0 Å². The van der Waals surface area contributed by atoms with E-state index in [1.165, 1.54) is 25.3 Å². The molecule has 8 nitrogen and oxygen atoms in total. The zero-order chi connectivity index (χ0) is 18.8. The van der Waals surface area contributed by atoms with Crippen molar-refractivity contribution in [2.45, 2.75) is 12.8 Å². The number of hydrogen-bond donors (Lipinski definition) is 1. The van der Waals surface area contributed by atoms with Crippen molar-refractivity contribution < 1.29 is 24.0 Å². The van der Waals surface area contributed by atoms with Gasteiger partial charge >= 0.3 is 5.69 Å². The Bertz CT molecular complexity index is 909. The number of benzene rings is 2. The number of hydrogen-bond acceptors (Lipinski definition) is 6. The van der Waals surface area contributed by atoms with Crippen molar-refractivity contribution in [2.75, 3.05) is 19.0 Å². The second kappa shape index (κ2) is 6.83. The number of nitrogens with zero attached hydrogens (tertiary/aromatic N) is 1. The van der Waals surface area contributed by atoms with E-state index < -0.39 is 4.92 Å². The highest BCUT2D eigenvalue weighted by molar-refractivity contribution is 6.05. The lowest BCUT2D eigenvalue weighted by Gasteiger charge is -2.09. The summed E-state index contributed by atoms with van der Waals surface area (Å²) in [5.74, 6) is -0.490. The van der Waals surface area contributed by atoms with Crippen molar-refractivity contribution in [3.63, 3.8) is 0 Å². The summed E-state index contributed by atoms with van der Waals surface area (Å²) in [6, 6.07) is 9.03. The zero-order valence-corrected chi connectivity index (χ0v) is 14.1. The van der Waals surface area contributed by atoms with Gasteiger partial charge in [-0.1, -0.05) is 0 Å². The number of amides is 1. The minimum Gasteiger partial charge on any atom is -0.496 e. The number of nitrogens with one attached hydrogen (secondary N) is 1. The third-order valence-corrected chi connectivity index (χ3v) is 4.21. The van der Waals surface area contributed by atoms with Crippen LogP contribution in [-0.2, 0) is 4.79 Å². The third-order valence-electron chi connectivity index (χ3n) is 4.21. The molecule has 1 aliphatic heterocycles. The maximum atomic E-state index is 12.4. The summed E-state index contributed by atoms with van der Waals surface area (Å²) in [5.41, 5.74) is 1.53. The molecule has 2 aromatic rings. The van der Waals surface area contributed by atoms with Gasteiger partial charge in [0.25, 0.3) is 0 Å². The summed E-state index contributed by atoms with van der Waals surface area (Å²) >= 11 is 0. The number of fused-ring (bicyclic) bond motifs is 1. The molecule has 0 spiro atoms. The minimum absolute atomic E-state index is 0.0180. The number of Topliss-reactive ketones (excluding diaryl/α,β-unsaturated/α-hetero) is 1. The van der Waals surface area contributed by atoms with E-state index in [-0.39, 0.29) is 35.7 Å². The number of methoxy groups -OCH3 is 1. The first-order valence-electron chi connectivity index (χ1n) is 7.84. The van der Waals surface area contributed by atoms with Crippen molar-refractivity contribution in [3.05, 3.63) is 57.6 Å². The summed E-state index contributed by atoms with van der Waals surface area (Å²) < 4.78 is 10.3. The van der Waals surface area contributed by atoms with Gasteiger partial charge < -0.3 is 14.8 Å². The molecule has 8 heteroatoms. The van der Waals surface area contributed by atoms with Crippen molar-refractivity contribution in [3.8, 4) is 11.5 Å². The molecule has 0 bridgehead atoms. The average molecular weight is 356 g/mol. The Morgan fingerprint density at radius 1 is 1.27 bits per heavy atom. The number of nitro benzene ring substituents is 1. The van der Waals surface area contributed by atoms with E-state index in [1.807, 2.05) is 0 Å². The van der Waals surface area contributed by atoms with E-state index in [4.69, 9.17) is 9.47 Å². The van der Waals surface area contributed by atoms with E-state index >= 15 is 0 Å². The van der Waals surface area contributed by atoms with Gasteiger partial charge in [-0.05, 0) is 42.8 Å². The van der Waals surface area contributed by atoms with Crippen LogP contribution in [0.1, 0.15) is 28.8 Å². The Morgan fingerprint density at radius 2 is 2.04 bits per heavy atom. The number of carbonyl (C=O) groups is 2. The number of ether oxygens (including phenoxy) is 2. The number of ketones is 1. The lowest BCUT2D eigenvalue weighted by molar-refractivity contribution is -0.385. The standard InChI is InChI=1S/C18H16N2O6/c1-10-13-7-11(3-5-14(13)19-18(10)22)16(21)9-26-17-6-4-12(25-2)8-15(17)20(23)24/h3-8,10H,9H2,1-2H3,(H,19,22)/t10-/m0/s1. The van der Waals surface area contributed by atoms with E-state index in [1.54, 1.807) is 25.1 Å². The predicted octanol–water partition coefficient (Wildman–Crippen LogP) is 2.92. The molecule has 0 radical (unpaired) electrons. The van der Waals surface area contributed by atoms with E-state index in [0.29, 0.717) is 17.0 Å². The molecule has 0 unspecified atom stereocenters. The number of rotatable bonds is 6. The van der Waals surface area contributed by atoms with Crippen LogP contribution in [0.3, 0.4) is 0 Å². The molecular formula is C18H16N2O6. The highest BCUT2D eigenvalue weighted by Crippen LogP contribution is 2.33. The molecule has 0 aliphatic carbocycles. The Balaban J connectivity index is 1.76. The molecule has 1 amide bonds. The second-order valence-electron chi connectivity index (χ2n) is 5.82. The third kappa shape index (κ3) is 3.21. The van der Waals surface area contributed by atoms with Gasteiger partial charge in [0.2, 0.25) is 5.91 Å². The fraction of sp³-hybridized carbons (Fsp3) is 0.222. The van der Waals surface area contributed by atoms with Gasteiger partial charge in [-0.25, -0.2) is 0 Å². The quantitative estimate of drug-likeness (QED) is 0.484. The van der Waals surface area contributed by atoms with E-state index in [9.17, 15) is 19.7 Å². The molecule has 0 aromatic heterocycles. The van der Waals surface area contributed by atoms with Gasteiger partial charge in [0.1, 0.15) is 5.75 Å². The van der Waals surface area contributed by atoms with Crippen molar-refractivity contribution in [1.29, 1.82) is 0 Å². The Kier molecular flexibility index (Phi) is 4.57. The number of anilines is 1. The topological polar surface area (TPSA) is 108 Å². The van der Waals surface area contributed by atoms with E-state index in [0.717, 1.165) is 5.56 Å². The average Bonchev–Trinajstić information content (AvgIpc) is 2.93. The molecule has 26 heavy (non-hydrogen) atoms. The number of carbonyl (C=O) groups excluding carboxylic acids is 2. The van der Waals surface area contributed by atoms with Gasteiger partial charge in [0.15, 0.2) is 18.1 Å². The van der Waals surface area contributed by atoms with Crippen molar-refractivity contribution in [2.24, 2.45) is 0 Å². The Labute approximate surface area is 148 Å². The van der Waals surface area contributed by atoms with Gasteiger partial charge in [0, 0.05) is 11.3 Å². The predicted molar refractivity (Wildman–Crippen MR) is 93.0 cm³/mol. The van der Waals surface area contributed by atoms with Crippen LogP contribution in [0.4, 0.5) is 11.4 Å². The minimum atomic E-state index is -0.601. The second-order valence-corrected chi connectivity index (χ2v) is 5.82. The Morgan fingerprint density at radius 3 is 2.73 bits per heavy atom. The molecule has 0 saturated heterocycles. The summed E-state index contributed by atoms with van der Waals surface area (Å²) in [5, 5.41) is 13.9. The SMILES string of the molecule is COc1ccc(OCC(=O)c2ccc3c(c2)[C@H](C)C(=O)N3)c([N+](=O)[O-])c1. The van der Waals surface area contributed by atoms with E-state index in [2.05, 4.69) is 5.32 Å². The van der Waals surface area contributed by atoms with Gasteiger partial charge in [-0.3, -0.25) is 19.7 Å². The van der Waals surface area contributed by atoms with Crippen LogP contribution in [0.15, 0.2) is 36.4 Å².